The molecular weight excluding hydrogens is 1150 g/mol. The Kier molecular flexibility index (Phi) is 13.5. The minimum absolute atomic E-state index is 1.07. The number of hydrogen-bond donors (Lipinski definition) is 0. The van der Waals surface area contributed by atoms with E-state index in [0.717, 1.165) is 56.0 Å². The molecule has 0 fully saturated rings. The van der Waals surface area contributed by atoms with Gasteiger partial charge in [-0.25, -0.2) is 0 Å². The Morgan fingerprint density at radius 2 is 0.505 bits per heavy atom. The molecule has 0 N–H and O–H groups in total. The van der Waals surface area contributed by atoms with Gasteiger partial charge in [-0.2, -0.15) is 0 Å². The molecule has 0 heterocycles. The maximum absolute atomic E-state index is 2.47. The third kappa shape index (κ3) is 9.65. The standard InChI is InChI=1S/C93H62N2/c1-61-51-69(62-25-7-2-8-26-62)56-76(52-61)94(72-33-13-5-14-34-72)74-45-49-80-67(54-74)43-47-86-90(80)92(88-59-65-31-17-19-37-78(65)82-39-21-23-41-84(82)88)87-48-44-68-55-75(46-50-81(68)91(87)93(86)89-60-66-32-18-20-38-79(66)83-40-22-24-42-85(83)89)95(73-35-15-6-16-36-73)77-57-70(63-27-9-3-10-28-63)53-71(58-77)64-29-11-4-12-30-64/h2-60H,1H3. The smallest absolute Gasteiger partial charge is 0.0473 e. The lowest BCUT2D eigenvalue weighted by atomic mass is 9.79. The van der Waals surface area contributed by atoms with Crippen LogP contribution in [0.15, 0.2) is 358 Å². The first kappa shape index (κ1) is 55.5. The van der Waals surface area contributed by atoms with Crippen molar-refractivity contribution in [3.05, 3.63) is 363 Å². The van der Waals surface area contributed by atoms with E-state index < -0.39 is 0 Å². The monoisotopic (exact) mass is 1210 g/mol. The number of para-hydroxylation sites is 2. The second kappa shape index (κ2) is 23.1. The largest absolute Gasteiger partial charge is 0.310 e. The summed E-state index contributed by atoms with van der Waals surface area (Å²) in [6, 6.07) is 133. The highest BCUT2D eigenvalue weighted by Crippen LogP contribution is 2.54. The quantitative estimate of drug-likeness (QED) is 0.0941. The van der Waals surface area contributed by atoms with Crippen LogP contribution in [0.1, 0.15) is 5.56 Å². The average molecular weight is 1210 g/mol. The minimum Gasteiger partial charge on any atom is -0.310 e. The Labute approximate surface area is 552 Å². The lowest BCUT2D eigenvalue weighted by Gasteiger charge is -2.28. The Hall–Kier alpha value is -12.4. The molecule has 2 nitrogen and oxygen atoms in total. The molecule has 0 aliphatic heterocycles. The van der Waals surface area contributed by atoms with Gasteiger partial charge in [0, 0.05) is 34.1 Å². The van der Waals surface area contributed by atoms with Crippen LogP contribution in [-0.4, -0.2) is 0 Å². The van der Waals surface area contributed by atoms with Gasteiger partial charge < -0.3 is 9.80 Å². The second-order valence-electron chi connectivity index (χ2n) is 25.2. The molecule has 0 aromatic heterocycles. The molecule has 18 aromatic rings. The van der Waals surface area contributed by atoms with Crippen molar-refractivity contribution in [1.82, 2.24) is 0 Å². The summed E-state index contributed by atoms with van der Waals surface area (Å²) >= 11 is 0. The lowest BCUT2D eigenvalue weighted by Crippen LogP contribution is -2.10. The van der Waals surface area contributed by atoms with Crippen molar-refractivity contribution in [2.75, 3.05) is 9.80 Å². The first-order valence-corrected chi connectivity index (χ1v) is 32.9. The van der Waals surface area contributed by atoms with Crippen LogP contribution in [0.5, 0.6) is 0 Å². The number of rotatable bonds is 11. The molecule has 0 saturated carbocycles. The van der Waals surface area contributed by atoms with Gasteiger partial charge in [-0.1, -0.05) is 267 Å². The van der Waals surface area contributed by atoms with Crippen LogP contribution in [0, 0.1) is 6.92 Å². The van der Waals surface area contributed by atoms with E-state index in [-0.39, 0.29) is 0 Å². The Balaban J connectivity index is 0.953. The van der Waals surface area contributed by atoms with Crippen molar-refractivity contribution in [2.45, 2.75) is 6.92 Å². The van der Waals surface area contributed by atoms with E-state index in [1.165, 1.54) is 125 Å². The number of aryl methyl sites for hydroxylation is 1. The summed E-state index contributed by atoms with van der Waals surface area (Å²) in [6.45, 7) is 2.21. The molecule has 0 spiro atoms. The van der Waals surface area contributed by atoms with Gasteiger partial charge >= 0.3 is 0 Å². The van der Waals surface area contributed by atoms with E-state index in [2.05, 4.69) is 375 Å². The fourth-order valence-corrected chi connectivity index (χ4v) is 15.3. The molecule has 2 heteroatoms. The van der Waals surface area contributed by atoms with E-state index in [0.29, 0.717) is 0 Å². The van der Waals surface area contributed by atoms with Crippen molar-refractivity contribution in [3.63, 3.8) is 0 Å². The summed E-state index contributed by atoms with van der Waals surface area (Å²) in [5.41, 5.74) is 19.6. The predicted octanol–water partition coefficient (Wildman–Crippen LogP) is 26.5. The molecule has 18 aromatic carbocycles. The summed E-state index contributed by atoms with van der Waals surface area (Å²) in [7, 11) is 0. The Morgan fingerprint density at radius 3 is 0.926 bits per heavy atom. The predicted molar refractivity (Wildman–Crippen MR) is 408 cm³/mol. The van der Waals surface area contributed by atoms with E-state index in [1.807, 2.05) is 0 Å². The lowest BCUT2D eigenvalue weighted by molar-refractivity contribution is 1.28. The third-order valence-electron chi connectivity index (χ3n) is 19.5. The van der Waals surface area contributed by atoms with Gasteiger partial charge in [0.15, 0.2) is 0 Å². The van der Waals surface area contributed by atoms with Gasteiger partial charge in [-0.3, -0.25) is 0 Å². The highest BCUT2D eigenvalue weighted by Gasteiger charge is 2.26. The molecule has 0 amide bonds. The van der Waals surface area contributed by atoms with Gasteiger partial charge in [0.2, 0.25) is 0 Å². The average Bonchev–Trinajstić information content (AvgIpc) is 0.699. The Morgan fingerprint density at radius 1 is 0.179 bits per heavy atom. The van der Waals surface area contributed by atoms with Crippen molar-refractivity contribution < 1.29 is 0 Å². The van der Waals surface area contributed by atoms with Crippen LogP contribution < -0.4 is 9.80 Å². The SMILES string of the molecule is Cc1cc(-c2ccccc2)cc(N(c2ccccc2)c2ccc3c(ccc4c(-c5cc6ccccc6c6ccccc56)c5c(ccc6cc(N(c7ccccc7)c7cc(-c8ccccc8)cc(-c8ccccc8)c7)ccc65)c(-c5cc6ccccc6c6ccccc56)c43)c2)c1. The number of hydrogen-bond acceptors (Lipinski definition) is 2. The highest BCUT2D eigenvalue weighted by molar-refractivity contribution is 6.36. The van der Waals surface area contributed by atoms with E-state index in [9.17, 15) is 0 Å². The molecule has 0 radical (unpaired) electrons. The third-order valence-corrected chi connectivity index (χ3v) is 19.5. The molecule has 0 unspecified atom stereocenters. The second-order valence-corrected chi connectivity index (χ2v) is 25.2. The van der Waals surface area contributed by atoms with Crippen molar-refractivity contribution in [1.29, 1.82) is 0 Å². The van der Waals surface area contributed by atoms with Gasteiger partial charge in [-0.05, 0) is 245 Å². The normalized spacial score (nSPS) is 11.6. The molecule has 0 aliphatic rings. The van der Waals surface area contributed by atoms with Crippen LogP contribution in [-0.2, 0) is 0 Å². The fraction of sp³-hybridized carbons (Fsp3) is 0.0108. The zero-order valence-corrected chi connectivity index (χ0v) is 52.5. The highest BCUT2D eigenvalue weighted by atomic mass is 15.1. The summed E-state index contributed by atoms with van der Waals surface area (Å²) in [4.78, 5) is 4.86. The summed E-state index contributed by atoms with van der Waals surface area (Å²) < 4.78 is 0. The van der Waals surface area contributed by atoms with Crippen molar-refractivity contribution in [2.24, 2.45) is 0 Å². The summed E-state index contributed by atoms with van der Waals surface area (Å²) in [5.74, 6) is 0. The molecule has 0 atom stereocenters. The first-order chi connectivity index (χ1) is 47.0. The summed E-state index contributed by atoms with van der Waals surface area (Å²) in [6.07, 6.45) is 0. The van der Waals surface area contributed by atoms with Crippen LogP contribution in [0.4, 0.5) is 34.1 Å². The van der Waals surface area contributed by atoms with Crippen LogP contribution in [0.2, 0.25) is 0 Å². The number of benzene rings is 18. The van der Waals surface area contributed by atoms with E-state index >= 15 is 0 Å². The molecular formula is C93H62N2. The van der Waals surface area contributed by atoms with Gasteiger partial charge in [-0.15, -0.1) is 0 Å². The van der Waals surface area contributed by atoms with Crippen LogP contribution in [0.25, 0.3) is 142 Å². The maximum Gasteiger partial charge on any atom is 0.0473 e. The van der Waals surface area contributed by atoms with Crippen molar-refractivity contribution in [3.8, 4) is 55.6 Å². The molecule has 444 valence electrons. The first-order valence-electron chi connectivity index (χ1n) is 32.9. The Bertz CT molecular complexity index is 5960. The molecule has 0 bridgehead atoms. The zero-order valence-electron chi connectivity index (χ0n) is 52.5. The van der Waals surface area contributed by atoms with Crippen LogP contribution in [0.3, 0.4) is 0 Å². The van der Waals surface area contributed by atoms with Crippen LogP contribution >= 0.6 is 0 Å². The fourth-order valence-electron chi connectivity index (χ4n) is 15.3. The minimum atomic E-state index is 1.07. The zero-order chi connectivity index (χ0) is 62.9. The van der Waals surface area contributed by atoms with Crippen molar-refractivity contribution >= 4 is 120 Å². The number of anilines is 6. The molecule has 0 saturated heterocycles. The number of nitrogens with zero attached hydrogens (tertiary/aromatic N) is 2. The van der Waals surface area contributed by atoms with E-state index in [1.54, 1.807) is 0 Å². The number of fused-ring (bicyclic) bond motifs is 12. The molecule has 18 rings (SSSR count). The topological polar surface area (TPSA) is 6.48 Å². The van der Waals surface area contributed by atoms with Gasteiger partial charge in [0.05, 0.1) is 0 Å². The summed E-state index contributed by atoms with van der Waals surface area (Å²) in [5, 5.41) is 19.3. The molecule has 0 aliphatic carbocycles. The van der Waals surface area contributed by atoms with Gasteiger partial charge in [0.1, 0.15) is 0 Å². The van der Waals surface area contributed by atoms with E-state index in [4.69, 9.17) is 0 Å². The molecule has 95 heavy (non-hydrogen) atoms. The maximum atomic E-state index is 2.47. The van der Waals surface area contributed by atoms with Gasteiger partial charge in [0.25, 0.3) is 0 Å².